The molecule has 0 spiro atoms. The molecule has 0 amide bonds. The number of carbonyl (C=O) groups excluding carboxylic acids is 1. The summed E-state index contributed by atoms with van der Waals surface area (Å²) in [5.41, 5.74) is -0.189. The zero-order chi connectivity index (χ0) is 10.6. The number of alkyl halides is 2. The Bertz CT molecular complexity index is 332. The Hall–Kier alpha value is -1.79. The number of halogens is 2. The summed E-state index contributed by atoms with van der Waals surface area (Å²) in [4.78, 5) is 10.9. The molecule has 5 nitrogen and oxygen atoms in total. The average molecular weight is 204 g/mol. The molecule has 0 saturated heterocycles. The van der Waals surface area contributed by atoms with Crippen LogP contribution in [0.3, 0.4) is 0 Å². The fraction of sp³-hybridized carbons (Fsp3) is 0.286. The molecule has 0 atom stereocenters. The van der Waals surface area contributed by atoms with Crippen molar-refractivity contribution in [3.05, 3.63) is 18.0 Å². The van der Waals surface area contributed by atoms with Gasteiger partial charge in [0.15, 0.2) is 5.69 Å². The predicted molar refractivity (Wildman–Crippen MR) is 40.0 cm³/mol. The van der Waals surface area contributed by atoms with Crippen LogP contribution < -0.4 is 4.74 Å². The average Bonchev–Trinajstić information content (AvgIpc) is 2.16. The topological polar surface area (TPSA) is 61.3 Å². The molecule has 0 unspecified atom stereocenters. The van der Waals surface area contributed by atoms with Gasteiger partial charge in [-0.2, -0.15) is 13.9 Å². The molecule has 0 aliphatic heterocycles. The fourth-order valence-corrected chi connectivity index (χ4v) is 0.720. The molecule has 0 N–H and O–H groups in total. The molecular weight excluding hydrogens is 198 g/mol. The second kappa shape index (κ2) is 4.45. The van der Waals surface area contributed by atoms with E-state index in [2.05, 4.69) is 19.7 Å². The van der Waals surface area contributed by atoms with Gasteiger partial charge in [0.25, 0.3) is 0 Å². The number of aromatic nitrogens is 2. The number of rotatable bonds is 3. The van der Waals surface area contributed by atoms with Gasteiger partial charge >= 0.3 is 12.6 Å². The van der Waals surface area contributed by atoms with E-state index < -0.39 is 12.6 Å². The lowest BCUT2D eigenvalue weighted by atomic mass is 10.4. The third-order valence-corrected chi connectivity index (χ3v) is 1.25. The number of hydrogen-bond donors (Lipinski definition) is 0. The molecule has 0 aromatic carbocycles. The van der Waals surface area contributed by atoms with Crippen LogP contribution in [0.25, 0.3) is 0 Å². The first-order chi connectivity index (χ1) is 6.63. The maximum atomic E-state index is 11.7. The minimum atomic E-state index is -2.97. The minimum Gasteiger partial charge on any atom is -0.464 e. The van der Waals surface area contributed by atoms with Gasteiger partial charge in [-0.05, 0) is 0 Å². The van der Waals surface area contributed by atoms with Gasteiger partial charge in [-0.15, -0.1) is 5.10 Å². The van der Waals surface area contributed by atoms with Gasteiger partial charge in [-0.25, -0.2) is 4.79 Å². The molecule has 0 saturated carbocycles. The quantitative estimate of drug-likeness (QED) is 0.683. The molecule has 14 heavy (non-hydrogen) atoms. The van der Waals surface area contributed by atoms with Gasteiger partial charge in [0.1, 0.15) is 5.75 Å². The smallest absolute Gasteiger partial charge is 0.387 e. The van der Waals surface area contributed by atoms with Crippen LogP contribution in [-0.4, -0.2) is 29.9 Å². The molecule has 0 bridgehead atoms. The monoisotopic (exact) mass is 204 g/mol. The van der Waals surface area contributed by atoms with Gasteiger partial charge in [0.2, 0.25) is 0 Å². The molecule has 0 aliphatic carbocycles. The third-order valence-electron chi connectivity index (χ3n) is 1.25. The largest absolute Gasteiger partial charge is 0.464 e. The lowest BCUT2D eigenvalue weighted by Gasteiger charge is -2.03. The summed E-state index contributed by atoms with van der Waals surface area (Å²) in [5, 5.41) is 6.67. The SMILES string of the molecule is COC(=O)c1cc(OC(F)F)cnn1. The van der Waals surface area contributed by atoms with Crippen LogP contribution in [0.5, 0.6) is 5.75 Å². The van der Waals surface area contributed by atoms with E-state index in [0.29, 0.717) is 0 Å². The number of nitrogens with zero attached hydrogens (tertiary/aromatic N) is 2. The summed E-state index contributed by atoms with van der Waals surface area (Å²) in [5.74, 6) is -1.01. The van der Waals surface area contributed by atoms with E-state index in [1.54, 1.807) is 0 Å². The van der Waals surface area contributed by atoms with E-state index in [4.69, 9.17) is 0 Å². The molecule has 1 aromatic rings. The van der Waals surface area contributed by atoms with Crippen LogP contribution in [0.1, 0.15) is 10.5 Å². The number of methoxy groups -OCH3 is 1. The van der Waals surface area contributed by atoms with Crippen LogP contribution in [-0.2, 0) is 4.74 Å². The summed E-state index contributed by atoms with van der Waals surface area (Å²) in [6.45, 7) is -2.97. The maximum absolute atomic E-state index is 11.7. The van der Waals surface area contributed by atoms with E-state index >= 15 is 0 Å². The standard InChI is InChI=1S/C7H6F2N2O3/c1-13-6(12)5-2-4(3-10-11-5)14-7(8)9/h2-3,7H,1H3. The molecule has 7 heteroatoms. The molecule has 76 valence electrons. The van der Waals surface area contributed by atoms with Crippen molar-refractivity contribution in [3.63, 3.8) is 0 Å². The molecular formula is C7H6F2N2O3. The second-order valence-electron chi connectivity index (χ2n) is 2.15. The molecule has 0 radical (unpaired) electrons. The van der Waals surface area contributed by atoms with E-state index in [9.17, 15) is 13.6 Å². The van der Waals surface area contributed by atoms with E-state index in [1.165, 1.54) is 0 Å². The highest BCUT2D eigenvalue weighted by molar-refractivity contribution is 5.87. The van der Waals surface area contributed by atoms with Crippen molar-refractivity contribution >= 4 is 5.97 Å². The van der Waals surface area contributed by atoms with E-state index in [0.717, 1.165) is 19.4 Å². The first-order valence-corrected chi connectivity index (χ1v) is 3.49. The molecule has 1 heterocycles. The Kier molecular flexibility index (Phi) is 3.27. The lowest BCUT2D eigenvalue weighted by molar-refractivity contribution is -0.0502. The summed E-state index contributed by atoms with van der Waals surface area (Å²) < 4.78 is 31.8. The van der Waals surface area contributed by atoms with Crippen molar-refractivity contribution in [1.82, 2.24) is 10.2 Å². The fourth-order valence-electron chi connectivity index (χ4n) is 0.720. The van der Waals surface area contributed by atoms with Crippen molar-refractivity contribution in [2.45, 2.75) is 6.61 Å². The summed E-state index contributed by atoms with van der Waals surface area (Å²) >= 11 is 0. The highest BCUT2D eigenvalue weighted by Gasteiger charge is 2.11. The van der Waals surface area contributed by atoms with Crippen LogP contribution >= 0.6 is 0 Å². The number of ether oxygens (including phenoxy) is 2. The Morgan fingerprint density at radius 1 is 1.57 bits per heavy atom. The van der Waals surface area contributed by atoms with Gasteiger partial charge in [-0.1, -0.05) is 0 Å². The van der Waals surface area contributed by atoms with Crippen LogP contribution in [0.4, 0.5) is 8.78 Å². The van der Waals surface area contributed by atoms with Crippen molar-refractivity contribution in [2.24, 2.45) is 0 Å². The summed E-state index contributed by atoms with van der Waals surface area (Å²) in [6.07, 6.45) is 0.971. The Labute approximate surface area is 77.7 Å². The van der Waals surface area contributed by atoms with Crippen LogP contribution in [0.2, 0.25) is 0 Å². The summed E-state index contributed by atoms with van der Waals surface area (Å²) in [6, 6.07) is 1.02. The Balaban J connectivity index is 2.84. The highest BCUT2D eigenvalue weighted by atomic mass is 19.3. The second-order valence-corrected chi connectivity index (χ2v) is 2.15. The summed E-state index contributed by atoms with van der Waals surface area (Å²) in [7, 11) is 1.14. The number of carbonyl (C=O) groups is 1. The van der Waals surface area contributed by atoms with Crippen molar-refractivity contribution < 1.29 is 23.0 Å². The van der Waals surface area contributed by atoms with Gasteiger partial charge < -0.3 is 9.47 Å². The van der Waals surface area contributed by atoms with Crippen LogP contribution in [0.15, 0.2) is 12.3 Å². The Morgan fingerprint density at radius 3 is 2.86 bits per heavy atom. The zero-order valence-corrected chi connectivity index (χ0v) is 7.11. The van der Waals surface area contributed by atoms with Gasteiger partial charge in [-0.3, -0.25) is 0 Å². The van der Waals surface area contributed by atoms with Crippen molar-refractivity contribution in [1.29, 1.82) is 0 Å². The lowest BCUT2D eigenvalue weighted by Crippen LogP contribution is -2.08. The third kappa shape index (κ3) is 2.61. The zero-order valence-electron chi connectivity index (χ0n) is 7.11. The minimum absolute atomic E-state index is 0.189. The normalized spacial score (nSPS) is 10.0. The molecule has 0 aliphatic rings. The molecule has 1 aromatic heterocycles. The Morgan fingerprint density at radius 2 is 2.29 bits per heavy atom. The molecule has 1 rings (SSSR count). The van der Waals surface area contributed by atoms with Crippen molar-refractivity contribution in [3.8, 4) is 5.75 Å². The highest BCUT2D eigenvalue weighted by Crippen LogP contribution is 2.12. The van der Waals surface area contributed by atoms with E-state index in [1.807, 2.05) is 0 Å². The number of hydrogen-bond acceptors (Lipinski definition) is 5. The first kappa shape index (κ1) is 10.3. The van der Waals surface area contributed by atoms with Gasteiger partial charge in [0, 0.05) is 6.07 Å². The molecule has 0 fully saturated rings. The number of esters is 1. The van der Waals surface area contributed by atoms with Crippen LogP contribution in [0, 0.1) is 0 Å². The van der Waals surface area contributed by atoms with Crippen molar-refractivity contribution in [2.75, 3.05) is 7.11 Å². The first-order valence-electron chi connectivity index (χ1n) is 3.49. The van der Waals surface area contributed by atoms with Gasteiger partial charge in [0.05, 0.1) is 13.3 Å². The predicted octanol–water partition coefficient (Wildman–Crippen LogP) is 0.865. The van der Waals surface area contributed by atoms with E-state index in [-0.39, 0.29) is 11.4 Å². The maximum Gasteiger partial charge on any atom is 0.387 e.